The first-order chi connectivity index (χ1) is 8.10. The van der Waals surface area contributed by atoms with Crippen molar-refractivity contribution in [2.45, 2.75) is 26.3 Å². The van der Waals surface area contributed by atoms with E-state index in [1.54, 1.807) is 26.2 Å². The minimum atomic E-state index is -0.350. The van der Waals surface area contributed by atoms with Gasteiger partial charge in [-0.15, -0.1) is 0 Å². The fourth-order valence-electron chi connectivity index (χ4n) is 1.70. The molecule has 0 bridgehead atoms. The molecule has 0 aromatic heterocycles. The van der Waals surface area contributed by atoms with Gasteiger partial charge in [0, 0.05) is 18.7 Å². The normalized spacial score (nSPS) is 12.2. The quantitative estimate of drug-likeness (QED) is 0.611. The Kier molecular flexibility index (Phi) is 4.90. The van der Waals surface area contributed by atoms with Crippen molar-refractivity contribution in [1.29, 1.82) is 0 Å². The molecular weight excluding hydrogens is 220 g/mol. The van der Waals surface area contributed by atoms with Gasteiger partial charge < -0.3 is 10.1 Å². The number of nitrogens with zero attached hydrogens (tertiary/aromatic N) is 1. The van der Waals surface area contributed by atoms with Gasteiger partial charge in [-0.05, 0) is 19.4 Å². The predicted octanol–water partition coefficient (Wildman–Crippen LogP) is 2.74. The number of hydrogen-bond acceptors (Lipinski definition) is 4. The average Bonchev–Trinajstić information content (AvgIpc) is 2.28. The van der Waals surface area contributed by atoms with Crippen LogP contribution in [0.1, 0.15) is 18.9 Å². The van der Waals surface area contributed by atoms with Gasteiger partial charge in [0.1, 0.15) is 5.69 Å². The van der Waals surface area contributed by atoms with Crippen molar-refractivity contribution < 1.29 is 9.66 Å². The maximum absolute atomic E-state index is 11.0. The van der Waals surface area contributed by atoms with Crippen LogP contribution in [0.5, 0.6) is 0 Å². The third kappa shape index (κ3) is 3.42. The van der Waals surface area contributed by atoms with E-state index in [0.29, 0.717) is 17.9 Å². The van der Waals surface area contributed by atoms with Crippen molar-refractivity contribution in [2.24, 2.45) is 0 Å². The zero-order valence-electron chi connectivity index (χ0n) is 10.4. The Morgan fingerprint density at radius 1 is 1.53 bits per heavy atom. The summed E-state index contributed by atoms with van der Waals surface area (Å²) < 4.78 is 5.07. The van der Waals surface area contributed by atoms with Gasteiger partial charge in [-0.3, -0.25) is 10.1 Å². The summed E-state index contributed by atoms with van der Waals surface area (Å²) in [5.74, 6) is 0. The summed E-state index contributed by atoms with van der Waals surface area (Å²) in [4.78, 5) is 10.7. The van der Waals surface area contributed by atoms with Gasteiger partial charge in [-0.25, -0.2) is 0 Å². The van der Waals surface area contributed by atoms with Crippen molar-refractivity contribution in [3.8, 4) is 0 Å². The molecule has 1 rings (SSSR count). The van der Waals surface area contributed by atoms with E-state index in [9.17, 15) is 10.1 Å². The monoisotopic (exact) mass is 238 g/mol. The summed E-state index contributed by atoms with van der Waals surface area (Å²) >= 11 is 0. The van der Waals surface area contributed by atoms with Gasteiger partial charge in [-0.1, -0.05) is 19.1 Å². The van der Waals surface area contributed by atoms with E-state index in [4.69, 9.17) is 4.74 Å². The highest BCUT2D eigenvalue weighted by atomic mass is 16.6. The number of nitro benzene ring substituents is 1. The van der Waals surface area contributed by atoms with Crippen LogP contribution >= 0.6 is 0 Å². The first kappa shape index (κ1) is 13.4. The Balaban J connectivity index is 2.97. The molecule has 1 aromatic carbocycles. The largest absolute Gasteiger partial charge is 0.383 e. The number of methoxy groups -OCH3 is 1. The van der Waals surface area contributed by atoms with Crippen LogP contribution in [0.2, 0.25) is 0 Å². The number of nitro groups is 1. The third-order valence-corrected chi connectivity index (χ3v) is 2.64. The lowest BCUT2D eigenvalue weighted by molar-refractivity contribution is -0.384. The highest BCUT2D eigenvalue weighted by Gasteiger charge is 2.18. The van der Waals surface area contributed by atoms with Crippen molar-refractivity contribution in [3.63, 3.8) is 0 Å². The summed E-state index contributed by atoms with van der Waals surface area (Å²) in [6.07, 6.45) is 0.846. The standard InChI is InChI=1S/C12H18N2O3/c1-4-10(8-17-3)13-11-7-5-6-9(2)12(11)14(15)16/h5-7,10,13H,4,8H2,1-3H3. The van der Waals surface area contributed by atoms with Gasteiger partial charge in [-0.2, -0.15) is 0 Å². The number of benzene rings is 1. The molecule has 0 fully saturated rings. The van der Waals surface area contributed by atoms with Gasteiger partial charge in [0.05, 0.1) is 11.5 Å². The van der Waals surface area contributed by atoms with Crippen molar-refractivity contribution in [1.82, 2.24) is 0 Å². The molecule has 5 nitrogen and oxygen atoms in total. The van der Waals surface area contributed by atoms with Crippen molar-refractivity contribution >= 4 is 11.4 Å². The molecule has 0 heterocycles. The Bertz CT molecular complexity index is 393. The van der Waals surface area contributed by atoms with Crippen molar-refractivity contribution in [3.05, 3.63) is 33.9 Å². The van der Waals surface area contributed by atoms with Gasteiger partial charge in [0.2, 0.25) is 0 Å². The molecule has 5 heteroatoms. The minimum Gasteiger partial charge on any atom is -0.383 e. The molecule has 0 aliphatic heterocycles. The number of hydrogen-bond donors (Lipinski definition) is 1. The zero-order chi connectivity index (χ0) is 12.8. The van der Waals surface area contributed by atoms with Gasteiger partial charge >= 0.3 is 0 Å². The molecule has 1 N–H and O–H groups in total. The zero-order valence-corrected chi connectivity index (χ0v) is 10.4. The molecular formula is C12H18N2O3. The fraction of sp³-hybridized carbons (Fsp3) is 0.500. The first-order valence-corrected chi connectivity index (χ1v) is 5.59. The number of nitrogens with one attached hydrogen (secondary N) is 1. The Morgan fingerprint density at radius 2 is 2.24 bits per heavy atom. The van der Waals surface area contributed by atoms with Crippen LogP contribution in [0.4, 0.5) is 11.4 Å². The predicted molar refractivity (Wildman–Crippen MR) is 67.4 cm³/mol. The lowest BCUT2D eigenvalue weighted by Crippen LogP contribution is -2.24. The van der Waals surface area contributed by atoms with E-state index < -0.39 is 0 Å². The van der Waals surface area contributed by atoms with Crippen LogP contribution in [-0.4, -0.2) is 24.7 Å². The van der Waals surface area contributed by atoms with Gasteiger partial charge in [0.25, 0.3) is 5.69 Å². The summed E-state index contributed by atoms with van der Waals surface area (Å²) in [5, 5.41) is 14.2. The lowest BCUT2D eigenvalue weighted by Gasteiger charge is -2.17. The van der Waals surface area contributed by atoms with Crippen LogP contribution in [0.15, 0.2) is 18.2 Å². The second-order valence-electron chi connectivity index (χ2n) is 3.93. The Hall–Kier alpha value is -1.62. The molecule has 0 saturated carbocycles. The number of para-hydroxylation sites is 1. The van der Waals surface area contributed by atoms with E-state index in [0.717, 1.165) is 6.42 Å². The topological polar surface area (TPSA) is 64.4 Å². The first-order valence-electron chi connectivity index (χ1n) is 5.59. The highest BCUT2D eigenvalue weighted by Crippen LogP contribution is 2.28. The summed E-state index contributed by atoms with van der Waals surface area (Å²) in [6, 6.07) is 5.36. The van der Waals surface area contributed by atoms with Crippen LogP contribution in [0.3, 0.4) is 0 Å². The molecule has 94 valence electrons. The summed E-state index contributed by atoms with van der Waals surface area (Å²) in [5.41, 5.74) is 1.35. The van der Waals surface area contributed by atoms with Crippen LogP contribution in [-0.2, 0) is 4.74 Å². The van der Waals surface area contributed by atoms with E-state index >= 15 is 0 Å². The molecule has 0 spiro atoms. The molecule has 1 atom stereocenters. The number of aryl methyl sites for hydroxylation is 1. The molecule has 0 aliphatic carbocycles. The molecule has 1 unspecified atom stereocenters. The number of rotatable bonds is 6. The van der Waals surface area contributed by atoms with E-state index in [2.05, 4.69) is 5.32 Å². The van der Waals surface area contributed by atoms with Gasteiger partial charge in [0.15, 0.2) is 0 Å². The maximum Gasteiger partial charge on any atom is 0.295 e. The summed E-state index contributed by atoms with van der Waals surface area (Å²) in [7, 11) is 1.62. The van der Waals surface area contributed by atoms with Crippen LogP contribution in [0, 0.1) is 17.0 Å². The minimum absolute atomic E-state index is 0.0838. The molecule has 0 radical (unpaired) electrons. The molecule has 0 amide bonds. The highest BCUT2D eigenvalue weighted by molar-refractivity contribution is 5.65. The third-order valence-electron chi connectivity index (χ3n) is 2.64. The smallest absolute Gasteiger partial charge is 0.295 e. The average molecular weight is 238 g/mol. The molecule has 0 saturated heterocycles. The molecule has 17 heavy (non-hydrogen) atoms. The van der Waals surface area contributed by atoms with Crippen LogP contribution < -0.4 is 5.32 Å². The second-order valence-corrected chi connectivity index (χ2v) is 3.93. The van der Waals surface area contributed by atoms with Crippen molar-refractivity contribution in [2.75, 3.05) is 19.0 Å². The Labute approximate surface area is 101 Å². The lowest BCUT2D eigenvalue weighted by atomic mass is 10.1. The Morgan fingerprint density at radius 3 is 2.76 bits per heavy atom. The summed E-state index contributed by atoms with van der Waals surface area (Å²) in [6.45, 7) is 4.28. The fourth-order valence-corrected chi connectivity index (χ4v) is 1.70. The molecule has 1 aromatic rings. The van der Waals surface area contributed by atoms with Crippen LogP contribution in [0.25, 0.3) is 0 Å². The van der Waals surface area contributed by atoms with E-state index in [1.807, 2.05) is 13.0 Å². The molecule has 0 aliphatic rings. The van der Waals surface area contributed by atoms with E-state index in [-0.39, 0.29) is 16.7 Å². The number of anilines is 1. The van der Waals surface area contributed by atoms with E-state index in [1.165, 1.54) is 0 Å². The SMILES string of the molecule is CCC(COC)Nc1cccc(C)c1[N+](=O)[O-]. The second kappa shape index (κ2) is 6.20. The maximum atomic E-state index is 11.0. The number of ether oxygens (including phenoxy) is 1.